The molecule has 3 aromatic rings. The maximum Gasteiger partial charge on any atom is 0.416 e. The molecule has 154 valence electrons. The Hall–Kier alpha value is -2.62. The summed E-state index contributed by atoms with van der Waals surface area (Å²) >= 11 is 0.979. The molecule has 0 bridgehead atoms. The first-order chi connectivity index (χ1) is 13.7. The lowest BCUT2D eigenvalue weighted by atomic mass is 10.2. The molecule has 0 unspecified atom stereocenters. The van der Waals surface area contributed by atoms with Gasteiger partial charge in [0.15, 0.2) is 5.16 Å². The number of anilines is 1. The van der Waals surface area contributed by atoms with Crippen molar-refractivity contribution in [1.82, 2.24) is 9.55 Å². The summed E-state index contributed by atoms with van der Waals surface area (Å²) in [5, 5.41) is 2.52. The molecule has 0 fully saturated rings. The van der Waals surface area contributed by atoms with Crippen molar-refractivity contribution in [2.24, 2.45) is 0 Å². The van der Waals surface area contributed by atoms with Crippen molar-refractivity contribution in [3.05, 3.63) is 53.6 Å². The highest BCUT2D eigenvalue weighted by Gasteiger charge is 2.31. The number of rotatable bonds is 6. The monoisotopic (exact) mass is 429 g/mol. The smallest absolute Gasteiger partial charge is 0.320 e. The van der Waals surface area contributed by atoms with Crippen LogP contribution in [0.4, 0.5) is 27.6 Å². The van der Waals surface area contributed by atoms with Crippen molar-refractivity contribution in [2.75, 3.05) is 11.1 Å². The number of aromatic nitrogens is 2. The van der Waals surface area contributed by atoms with Gasteiger partial charge in [-0.25, -0.2) is 13.8 Å². The normalized spacial score (nSPS) is 11.8. The third kappa shape index (κ3) is 4.69. The van der Waals surface area contributed by atoms with Crippen molar-refractivity contribution < 1.29 is 26.7 Å². The SMILES string of the molecule is CCCn1c(SCC(=O)Nc2c(F)cccc2F)nc2ccc(C(F)(F)F)cc21. The lowest BCUT2D eigenvalue weighted by Gasteiger charge is -2.10. The third-order valence-corrected chi connectivity index (χ3v) is 5.02. The lowest BCUT2D eigenvalue weighted by molar-refractivity contribution is -0.137. The zero-order chi connectivity index (χ0) is 21.2. The average Bonchev–Trinajstić information content (AvgIpc) is 3.00. The maximum atomic E-state index is 13.6. The Kier molecular flexibility index (Phi) is 6.11. The van der Waals surface area contributed by atoms with Gasteiger partial charge in [-0.3, -0.25) is 4.79 Å². The number of aryl methyl sites for hydroxylation is 1. The fraction of sp³-hybridized carbons (Fsp3) is 0.263. The Bertz CT molecular complexity index is 1030. The second-order valence-corrected chi connectivity index (χ2v) is 7.12. The van der Waals surface area contributed by atoms with E-state index in [2.05, 4.69) is 10.3 Å². The second-order valence-electron chi connectivity index (χ2n) is 6.18. The van der Waals surface area contributed by atoms with Gasteiger partial charge in [-0.1, -0.05) is 24.8 Å². The van der Waals surface area contributed by atoms with E-state index in [0.29, 0.717) is 29.2 Å². The molecule has 0 spiro atoms. The highest BCUT2D eigenvalue weighted by atomic mass is 32.2. The van der Waals surface area contributed by atoms with Gasteiger partial charge in [-0.2, -0.15) is 13.2 Å². The topological polar surface area (TPSA) is 46.9 Å². The number of hydrogen-bond acceptors (Lipinski definition) is 3. The standard InChI is InChI=1S/C19H16F5N3OS/c1-2-8-27-15-9-11(19(22,23)24)6-7-14(15)25-18(27)29-10-16(28)26-17-12(20)4-3-5-13(17)21/h3-7,9H,2,8,10H2,1H3,(H,26,28). The summed E-state index contributed by atoms with van der Waals surface area (Å²) < 4.78 is 67.9. The molecule has 2 aromatic carbocycles. The molecule has 10 heteroatoms. The van der Waals surface area contributed by atoms with Crippen molar-refractivity contribution in [2.45, 2.75) is 31.2 Å². The number of carbonyl (C=O) groups excluding carboxylic acids is 1. The summed E-state index contributed by atoms with van der Waals surface area (Å²) in [6.45, 7) is 2.27. The van der Waals surface area contributed by atoms with E-state index < -0.39 is 35.0 Å². The van der Waals surface area contributed by atoms with E-state index in [1.807, 2.05) is 6.92 Å². The summed E-state index contributed by atoms with van der Waals surface area (Å²) in [6.07, 6.45) is -3.84. The number of para-hydroxylation sites is 1. The number of nitrogens with one attached hydrogen (secondary N) is 1. The number of nitrogens with zero attached hydrogens (tertiary/aromatic N) is 2. The summed E-state index contributed by atoms with van der Waals surface area (Å²) in [5.41, 5.74) is -0.652. The molecule has 3 rings (SSSR count). The first-order valence-electron chi connectivity index (χ1n) is 8.65. The van der Waals surface area contributed by atoms with Gasteiger partial charge in [-0.15, -0.1) is 0 Å². The van der Waals surface area contributed by atoms with E-state index in [1.54, 1.807) is 4.57 Å². The number of alkyl halides is 3. The fourth-order valence-corrected chi connectivity index (χ4v) is 3.59. The van der Waals surface area contributed by atoms with E-state index in [9.17, 15) is 26.7 Å². The molecule has 1 N–H and O–H groups in total. The fourth-order valence-electron chi connectivity index (χ4n) is 2.75. The molecule has 0 aliphatic carbocycles. The Morgan fingerprint density at radius 1 is 1.17 bits per heavy atom. The van der Waals surface area contributed by atoms with Crippen molar-refractivity contribution >= 4 is 34.4 Å². The van der Waals surface area contributed by atoms with Crippen molar-refractivity contribution in [3.8, 4) is 0 Å². The van der Waals surface area contributed by atoms with Crippen LogP contribution < -0.4 is 5.32 Å². The maximum absolute atomic E-state index is 13.6. The van der Waals surface area contributed by atoms with Crippen LogP contribution in [0.25, 0.3) is 11.0 Å². The first-order valence-corrected chi connectivity index (χ1v) is 9.63. The zero-order valence-electron chi connectivity index (χ0n) is 15.2. The summed E-state index contributed by atoms with van der Waals surface area (Å²) in [6, 6.07) is 6.47. The number of hydrogen-bond donors (Lipinski definition) is 1. The molecule has 0 aliphatic rings. The molecule has 1 amide bonds. The van der Waals surface area contributed by atoms with Crippen molar-refractivity contribution in [3.63, 3.8) is 0 Å². The van der Waals surface area contributed by atoms with Crippen LogP contribution in [0, 0.1) is 11.6 Å². The lowest BCUT2D eigenvalue weighted by Crippen LogP contribution is -2.16. The zero-order valence-corrected chi connectivity index (χ0v) is 16.0. The molecule has 1 aromatic heterocycles. The van der Waals surface area contributed by atoms with Crippen LogP contribution in [0.15, 0.2) is 41.6 Å². The Labute approximate surface area is 167 Å². The van der Waals surface area contributed by atoms with E-state index >= 15 is 0 Å². The number of thioether (sulfide) groups is 1. The minimum atomic E-state index is -4.48. The highest BCUT2D eigenvalue weighted by molar-refractivity contribution is 7.99. The van der Waals surface area contributed by atoms with E-state index in [-0.39, 0.29) is 5.75 Å². The van der Waals surface area contributed by atoms with E-state index in [4.69, 9.17) is 0 Å². The van der Waals surface area contributed by atoms with Gasteiger partial charge in [0, 0.05) is 6.54 Å². The van der Waals surface area contributed by atoms with Crippen LogP contribution in [0.5, 0.6) is 0 Å². The van der Waals surface area contributed by atoms with Crippen molar-refractivity contribution in [1.29, 1.82) is 0 Å². The minimum absolute atomic E-state index is 0.215. The first kappa shape index (κ1) is 21.1. The number of fused-ring (bicyclic) bond motifs is 1. The van der Waals surface area contributed by atoms with Gasteiger partial charge >= 0.3 is 6.18 Å². The van der Waals surface area contributed by atoms with Crippen LogP contribution in [0.1, 0.15) is 18.9 Å². The largest absolute Gasteiger partial charge is 0.416 e. The molecular formula is C19H16F5N3OS. The second kappa shape index (κ2) is 8.40. The Balaban J connectivity index is 1.82. The predicted molar refractivity (Wildman–Crippen MR) is 101 cm³/mol. The number of carbonyl (C=O) groups is 1. The number of imidazole rings is 1. The molecule has 1 heterocycles. The van der Waals surface area contributed by atoms with Crippen LogP contribution in [0.2, 0.25) is 0 Å². The molecule has 4 nitrogen and oxygen atoms in total. The summed E-state index contributed by atoms with van der Waals surface area (Å²) in [4.78, 5) is 16.4. The molecular weight excluding hydrogens is 413 g/mol. The van der Waals surface area contributed by atoms with Gasteiger partial charge < -0.3 is 9.88 Å². The minimum Gasteiger partial charge on any atom is -0.320 e. The van der Waals surface area contributed by atoms with Crippen LogP contribution in [-0.4, -0.2) is 21.2 Å². The summed E-state index contributed by atoms with van der Waals surface area (Å²) in [5.74, 6) is -2.68. The molecule has 0 radical (unpaired) electrons. The highest BCUT2D eigenvalue weighted by Crippen LogP contribution is 2.33. The third-order valence-electron chi connectivity index (χ3n) is 4.05. The number of amides is 1. The van der Waals surface area contributed by atoms with Gasteiger partial charge in [0.2, 0.25) is 5.91 Å². The Morgan fingerprint density at radius 3 is 2.48 bits per heavy atom. The van der Waals surface area contributed by atoms with Gasteiger partial charge in [-0.05, 0) is 36.8 Å². The molecule has 0 saturated carbocycles. The Morgan fingerprint density at radius 2 is 1.86 bits per heavy atom. The predicted octanol–water partition coefficient (Wildman–Crippen LogP) is 5.47. The molecule has 29 heavy (non-hydrogen) atoms. The molecule has 0 saturated heterocycles. The van der Waals surface area contributed by atoms with Gasteiger partial charge in [0.25, 0.3) is 0 Å². The van der Waals surface area contributed by atoms with Gasteiger partial charge in [0.1, 0.15) is 17.3 Å². The van der Waals surface area contributed by atoms with E-state index in [0.717, 1.165) is 36.0 Å². The van der Waals surface area contributed by atoms with Gasteiger partial charge in [0.05, 0.1) is 22.3 Å². The summed E-state index contributed by atoms with van der Waals surface area (Å²) in [7, 11) is 0. The molecule has 0 atom stereocenters. The van der Waals surface area contributed by atoms with Crippen LogP contribution in [0.3, 0.4) is 0 Å². The quantitative estimate of drug-likeness (QED) is 0.417. The van der Waals surface area contributed by atoms with Crippen LogP contribution >= 0.6 is 11.8 Å². The van der Waals surface area contributed by atoms with E-state index in [1.165, 1.54) is 12.1 Å². The number of benzene rings is 2. The number of halogens is 5. The average molecular weight is 429 g/mol. The van der Waals surface area contributed by atoms with Crippen LogP contribution in [-0.2, 0) is 17.5 Å². The molecule has 0 aliphatic heterocycles.